The molecule has 1 atom stereocenters. The number of rotatable bonds is 2. The van der Waals surface area contributed by atoms with E-state index in [1.54, 1.807) is 17.0 Å². The Bertz CT molecular complexity index is 820. The Morgan fingerprint density at radius 3 is 3.05 bits per heavy atom. The third-order valence-corrected chi connectivity index (χ3v) is 3.89. The van der Waals surface area contributed by atoms with E-state index < -0.39 is 0 Å². The van der Waals surface area contributed by atoms with Crippen LogP contribution in [0.2, 0.25) is 0 Å². The third kappa shape index (κ3) is 1.94. The molecule has 0 saturated carbocycles. The summed E-state index contributed by atoms with van der Waals surface area (Å²) in [5.41, 5.74) is 1.44. The van der Waals surface area contributed by atoms with Crippen LogP contribution in [0.5, 0.6) is 0 Å². The van der Waals surface area contributed by atoms with E-state index in [1.165, 1.54) is 0 Å². The maximum Gasteiger partial charge on any atom is 0.252 e. The van der Waals surface area contributed by atoms with Crippen molar-refractivity contribution in [1.82, 2.24) is 19.6 Å². The van der Waals surface area contributed by atoms with Crippen molar-refractivity contribution >= 4 is 11.6 Å². The molecule has 1 aliphatic rings. The molecule has 0 unspecified atom stereocenters. The monoisotopic (exact) mass is 282 g/mol. The molecular weight excluding hydrogens is 268 g/mol. The summed E-state index contributed by atoms with van der Waals surface area (Å²) in [5.74, 6) is 2.27. The molecule has 0 aromatic carbocycles. The Hall–Kier alpha value is -2.50. The van der Waals surface area contributed by atoms with Crippen LogP contribution in [0.15, 0.2) is 29.0 Å². The minimum absolute atomic E-state index is 0.0588. The first-order chi connectivity index (χ1) is 10.2. The quantitative estimate of drug-likeness (QED) is 0.720. The number of carbonyl (C=O) groups is 1. The van der Waals surface area contributed by atoms with E-state index >= 15 is 0 Å². The van der Waals surface area contributed by atoms with Crippen LogP contribution in [0, 0.1) is 0 Å². The average molecular weight is 282 g/mol. The van der Waals surface area contributed by atoms with Crippen molar-refractivity contribution in [2.75, 3.05) is 0 Å². The molecule has 0 fully saturated rings. The molecule has 4 rings (SSSR count). The number of fused-ring (bicyclic) bond motifs is 2. The van der Waals surface area contributed by atoms with Crippen molar-refractivity contribution in [2.45, 2.75) is 32.1 Å². The summed E-state index contributed by atoms with van der Waals surface area (Å²) in [7, 11) is 0. The van der Waals surface area contributed by atoms with Gasteiger partial charge in [0.2, 0.25) is 0 Å². The predicted molar refractivity (Wildman–Crippen MR) is 74.3 cm³/mol. The number of aromatic nitrogens is 4. The van der Waals surface area contributed by atoms with Gasteiger partial charge in [0, 0.05) is 31.4 Å². The van der Waals surface area contributed by atoms with Gasteiger partial charge >= 0.3 is 0 Å². The summed E-state index contributed by atoms with van der Waals surface area (Å²) in [6, 6.07) is 3.76. The van der Waals surface area contributed by atoms with Crippen molar-refractivity contribution in [3.63, 3.8) is 0 Å². The normalized spacial score (nSPS) is 18.1. The maximum atomic E-state index is 12.4. The van der Waals surface area contributed by atoms with Crippen molar-refractivity contribution in [3.05, 3.63) is 47.4 Å². The largest absolute Gasteiger partial charge is 0.469 e. The van der Waals surface area contributed by atoms with Gasteiger partial charge in [-0.3, -0.25) is 4.79 Å². The molecule has 0 radical (unpaired) electrons. The van der Waals surface area contributed by atoms with Gasteiger partial charge in [-0.25, -0.2) is 9.50 Å². The van der Waals surface area contributed by atoms with E-state index in [0.29, 0.717) is 24.2 Å². The molecule has 6 heteroatoms. The maximum absolute atomic E-state index is 12.4. The van der Waals surface area contributed by atoms with Crippen LogP contribution in [-0.4, -0.2) is 25.4 Å². The van der Waals surface area contributed by atoms with Gasteiger partial charge in [0.1, 0.15) is 5.76 Å². The van der Waals surface area contributed by atoms with Crippen molar-refractivity contribution in [1.29, 1.82) is 0 Å². The van der Waals surface area contributed by atoms with Crippen molar-refractivity contribution in [2.24, 2.45) is 0 Å². The molecule has 106 valence electrons. The van der Waals surface area contributed by atoms with Crippen LogP contribution < -0.4 is 0 Å². The van der Waals surface area contributed by atoms with Gasteiger partial charge in [0.05, 0.1) is 17.5 Å². The molecule has 6 nitrogen and oxygen atoms in total. The number of ketones is 1. The summed E-state index contributed by atoms with van der Waals surface area (Å²) < 4.78 is 7.03. The smallest absolute Gasteiger partial charge is 0.252 e. The highest BCUT2D eigenvalue weighted by Gasteiger charge is 2.29. The molecule has 0 aliphatic heterocycles. The standard InChI is InChI=1S/C15H14N4O2/c1-2-14-17-15-16-11-6-9(13-4-3-5-21-13)7-12(20)10(11)8-19(15)18-14/h3-5,8-9H,2,6-7H2,1H3/t9-/m1/s1. The van der Waals surface area contributed by atoms with E-state index in [0.717, 1.165) is 23.7 Å². The first-order valence-corrected chi connectivity index (χ1v) is 7.06. The van der Waals surface area contributed by atoms with Gasteiger partial charge in [-0.15, -0.1) is 5.10 Å². The zero-order valence-corrected chi connectivity index (χ0v) is 11.6. The first kappa shape index (κ1) is 12.3. The molecule has 0 spiro atoms. The lowest BCUT2D eigenvalue weighted by Gasteiger charge is -2.20. The molecule has 21 heavy (non-hydrogen) atoms. The summed E-state index contributed by atoms with van der Waals surface area (Å²) >= 11 is 0. The number of aryl methyl sites for hydroxylation is 1. The van der Waals surface area contributed by atoms with Crippen LogP contribution in [0.4, 0.5) is 0 Å². The molecule has 3 heterocycles. The Morgan fingerprint density at radius 2 is 2.29 bits per heavy atom. The van der Waals surface area contributed by atoms with Crippen LogP contribution in [0.3, 0.4) is 0 Å². The number of hydrogen-bond donors (Lipinski definition) is 0. The van der Waals surface area contributed by atoms with Crippen LogP contribution in [0.25, 0.3) is 5.78 Å². The molecule has 0 bridgehead atoms. The van der Waals surface area contributed by atoms with E-state index in [-0.39, 0.29) is 11.7 Å². The number of hydrogen-bond acceptors (Lipinski definition) is 5. The summed E-state index contributed by atoms with van der Waals surface area (Å²) in [4.78, 5) is 21.2. The number of nitrogens with zero attached hydrogens (tertiary/aromatic N) is 4. The van der Waals surface area contributed by atoms with Gasteiger partial charge in [0.25, 0.3) is 5.78 Å². The molecular formula is C15H14N4O2. The van der Waals surface area contributed by atoms with Crippen LogP contribution >= 0.6 is 0 Å². The highest BCUT2D eigenvalue weighted by Crippen LogP contribution is 2.32. The van der Waals surface area contributed by atoms with Gasteiger partial charge in [-0.05, 0) is 12.1 Å². The molecule has 0 N–H and O–H groups in total. The topological polar surface area (TPSA) is 73.3 Å². The zero-order valence-electron chi connectivity index (χ0n) is 11.6. The minimum atomic E-state index is 0.0588. The van der Waals surface area contributed by atoms with Gasteiger partial charge in [-0.2, -0.15) is 4.98 Å². The number of furan rings is 1. The van der Waals surface area contributed by atoms with Crippen molar-refractivity contribution in [3.8, 4) is 0 Å². The lowest BCUT2D eigenvalue weighted by Crippen LogP contribution is -2.21. The molecule has 3 aromatic rings. The van der Waals surface area contributed by atoms with Crippen LogP contribution in [-0.2, 0) is 12.8 Å². The Morgan fingerprint density at radius 1 is 1.38 bits per heavy atom. The van der Waals surface area contributed by atoms with Crippen molar-refractivity contribution < 1.29 is 9.21 Å². The van der Waals surface area contributed by atoms with E-state index in [2.05, 4.69) is 15.1 Å². The highest BCUT2D eigenvalue weighted by molar-refractivity contribution is 5.98. The fourth-order valence-electron chi connectivity index (χ4n) is 2.80. The Balaban J connectivity index is 1.80. The number of carbonyl (C=O) groups excluding carboxylic acids is 1. The van der Waals surface area contributed by atoms with Gasteiger partial charge < -0.3 is 4.42 Å². The lowest BCUT2D eigenvalue weighted by molar-refractivity contribution is 0.0958. The predicted octanol–water partition coefficient (Wildman–Crippen LogP) is 2.19. The second-order valence-corrected chi connectivity index (χ2v) is 5.27. The van der Waals surface area contributed by atoms with E-state index in [9.17, 15) is 4.79 Å². The first-order valence-electron chi connectivity index (χ1n) is 7.06. The second kappa shape index (κ2) is 4.51. The third-order valence-electron chi connectivity index (χ3n) is 3.89. The summed E-state index contributed by atoms with van der Waals surface area (Å²) in [6.45, 7) is 1.99. The van der Waals surface area contributed by atoms with Gasteiger partial charge in [0.15, 0.2) is 11.6 Å². The minimum Gasteiger partial charge on any atom is -0.469 e. The number of Topliss-reactive ketones (excluding diaryl/α,β-unsaturated/α-hetero) is 1. The fraction of sp³-hybridized carbons (Fsp3) is 0.333. The Kier molecular flexibility index (Phi) is 2.63. The highest BCUT2D eigenvalue weighted by atomic mass is 16.3. The molecule has 0 saturated heterocycles. The second-order valence-electron chi connectivity index (χ2n) is 5.27. The molecule has 3 aromatic heterocycles. The average Bonchev–Trinajstić information content (AvgIpc) is 3.14. The van der Waals surface area contributed by atoms with E-state index in [1.807, 2.05) is 19.1 Å². The lowest BCUT2D eigenvalue weighted by atomic mass is 9.85. The molecule has 0 amide bonds. The SMILES string of the molecule is CCc1nc2nc3c(cn2n1)C(=O)C[C@H](c1ccco1)C3. The summed E-state index contributed by atoms with van der Waals surface area (Å²) in [5, 5.41) is 4.32. The van der Waals surface area contributed by atoms with E-state index in [4.69, 9.17) is 4.42 Å². The van der Waals surface area contributed by atoms with Gasteiger partial charge in [-0.1, -0.05) is 6.92 Å². The Labute approximate surface area is 120 Å². The molecule has 1 aliphatic carbocycles. The van der Waals surface area contributed by atoms with Crippen LogP contribution in [0.1, 0.15) is 46.9 Å². The summed E-state index contributed by atoms with van der Waals surface area (Å²) in [6.07, 6.45) is 5.28. The fourth-order valence-corrected chi connectivity index (χ4v) is 2.80. The zero-order chi connectivity index (χ0) is 14.4.